The van der Waals surface area contributed by atoms with Gasteiger partial charge in [0.2, 0.25) is 0 Å². The molecule has 0 aliphatic rings. The van der Waals surface area contributed by atoms with Gasteiger partial charge in [0.05, 0.1) is 0 Å². The molecular formula is C7H10N2S. The van der Waals surface area contributed by atoms with Gasteiger partial charge in [-0.3, -0.25) is 0 Å². The molecule has 1 heterocycles. The second-order valence-electron chi connectivity index (χ2n) is 2.34. The van der Waals surface area contributed by atoms with Gasteiger partial charge in [-0.1, -0.05) is 12.2 Å². The summed E-state index contributed by atoms with van der Waals surface area (Å²) in [5.41, 5.74) is 8.61. The van der Waals surface area contributed by atoms with Gasteiger partial charge in [0.25, 0.3) is 0 Å². The van der Waals surface area contributed by atoms with Crippen molar-refractivity contribution in [2.75, 3.05) is 0 Å². The van der Waals surface area contributed by atoms with E-state index in [-0.39, 0.29) is 0 Å². The molecule has 2 nitrogen and oxygen atoms in total. The van der Waals surface area contributed by atoms with Gasteiger partial charge >= 0.3 is 0 Å². The SMILES string of the molecule is Cc1c[nH]c(C)c1C(N)=S. The molecule has 54 valence electrons. The first kappa shape index (κ1) is 7.28. The van der Waals surface area contributed by atoms with E-state index in [2.05, 4.69) is 4.98 Å². The molecule has 0 amide bonds. The van der Waals surface area contributed by atoms with E-state index in [1.165, 1.54) is 0 Å². The minimum absolute atomic E-state index is 0.469. The van der Waals surface area contributed by atoms with Crippen LogP contribution in [0, 0.1) is 13.8 Å². The number of aromatic amines is 1. The zero-order valence-electron chi connectivity index (χ0n) is 6.06. The molecule has 0 spiro atoms. The summed E-state index contributed by atoms with van der Waals surface area (Å²) in [5, 5.41) is 0. The molecule has 0 fully saturated rings. The van der Waals surface area contributed by atoms with E-state index in [4.69, 9.17) is 18.0 Å². The fraction of sp³-hybridized carbons (Fsp3) is 0.286. The highest BCUT2D eigenvalue weighted by molar-refractivity contribution is 7.80. The Balaban J connectivity index is 3.23. The van der Waals surface area contributed by atoms with Crippen LogP contribution in [0.15, 0.2) is 6.20 Å². The molecule has 3 N–H and O–H groups in total. The molecule has 1 rings (SSSR count). The zero-order chi connectivity index (χ0) is 7.72. The lowest BCUT2D eigenvalue weighted by molar-refractivity contribution is 1.26. The van der Waals surface area contributed by atoms with Gasteiger partial charge in [-0.25, -0.2) is 0 Å². The Bertz CT molecular complexity index is 243. The summed E-state index contributed by atoms with van der Waals surface area (Å²) in [4.78, 5) is 3.52. The number of aryl methyl sites for hydroxylation is 2. The lowest BCUT2D eigenvalue weighted by Crippen LogP contribution is -2.10. The number of nitrogens with two attached hydrogens (primary N) is 1. The third kappa shape index (κ3) is 1.04. The van der Waals surface area contributed by atoms with Crippen LogP contribution >= 0.6 is 12.2 Å². The summed E-state index contributed by atoms with van der Waals surface area (Å²) in [5.74, 6) is 0. The van der Waals surface area contributed by atoms with Crippen LogP contribution in [0.5, 0.6) is 0 Å². The van der Waals surface area contributed by atoms with Crippen LogP contribution in [0.4, 0.5) is 0 Å². The molecule has 0 saturated carbocycles. The molecule has 3 heteroatoms. The highest BCUT2D eigenvalue weighted by atomic mass is 32.1. The Kier molecular flexibility index (Phi) is 1.76. The molecule has 1 aromatic heterocycles. The summed E-state index contributed by atoms with van der Waals surface area (Å²) in [6, 6.07) is 0. The van der Waals surface area contributed by atoms with E-state index in [1.807, 2.05) is 20.0 Å². The number of thiocarbonyl (C=S) groups is 1. The van der Waals surface area contributed by atoms with Crippen molar-refractivity contribution in [3.05, 3.63) is 23.0 Å². The van der Waals surface area contributed by atoms with Crippen molar-refractivity contribution in [1.29, 1.82) is 0 Å². The number of H-pyrrole nitrogens is 1. The number of rotatable bonds is 1. The first-order valence-corrected chi connectivity index (χ1v) is 3.48. The summed E-state index contributed by atoms with van der Waals surface area (Å²) in [7, 11) is 0. The van der Waals surface area contributed by atoms with E-state index in [0.29, 0.717) is 4.99 Å². The Morgan fingerprint density at radius 1 is 1.60 bits per heavy atom. The molecule has 0 aliphatic heterocycles. The van der Waals surface area contributed by atoms with Crippen molar-refractivity contribution < 1.29 is 0 Å². The number of aromatic nitrogens is 1. The molecule has 0 bridgehead atoms. The van der Waals surface area contributed by atoms with E-state index in [9.17, 15) is 0 Å². The van der Waals surface area contributed by atoms with Crippen molar-refractivity contribution in [2.24, 2.45) is 5.73 Å². The summed E-state index contributed by atoms with van der Waals surface area (Å²) >= 11 is 4.85. The van der Waals surface area contributed by atoms with Crippen LogP contribution < -0.4 is 5.73 Å². The highest BCUT2D eigenvalue weighted by Gasteiger charge is 2.05. The zero-order valence-corrected chi connectivity index (χ0v) is 6.88. The molecule has 1 aromatic rings. The van der Waals surface area contributed by atoms with Gasteiger partial charge in [0.15, 0.2) is 0 Å². The molecule has 10 heavy (non-hydrogen) atoms. The largest absolute Gasteiger partial charge is 0.389 e. The van der Waals surface area contributed by atoms with Crippen molar-refractivity contribution in [3.63, 3.8) is 0 Å². The molecule has 0 radical (unpaired) electrons. The maximum atomic E-state index is 5.47. The Morgan fingerprint density at radius 2 is 2.20 bits per heavy atom. The predicted octanol–water partition coefficient (Wildman–Crippen LogP) is 1.27. The fourth-order valence-corrected chi connectivity index (χ4v) is 1.35. The molecule has 0 aliphatic carbocycles. The van der Waals surface area contributed by atoms with Crippen LogP contribution in [0.3, 0.4) is 0 Å². The van der Waals surface area contributed by atoms with Crippen molar-refractivity contribution >= 4 is 17.2 Å². The maximum Gasteiger partial charge on any atom is 0.106 e. The predicted molar refractivity (Wildman–Crippen MR) is 46.2 cm³/mol. The van der Waals surface area contributed by atoms with E-state index in [0.717, 1.165) is 16.8 Å². The topological polar surface area (TPSA) is 41.8 Å². The smallest absolute Gasteiger partial charge is 0.106 e. The van der Waals surface area contributed by atoms with Crippen LogP contribution in [0.1, 0.15) is 16.8 Å². The molecule has 0 aromatic carbocycles. The molecule has 0 atom stereocenters. The third-order valence-corrected chi connectivity index (χ3v) is 1.73. The first-order valence-electron chi connectivity index (χ1n) is 3.07. The number of nitrogens with one attached hydrogen (secondary N) is 1. The summed E-state index contributed by atoms with van der Waals surface area (Å²) in [6.45, 7) is 3.94. The average molecular weight is 154 g/mol. The first-order chi connectivity index (χ1) is 4.63. The van der Waals surface area contributed by atoms with Crippen molar-refractivity contribution in [1.82, 2.24) is 4.98 Å². The summed E-state index contributed by atoms with van der Waals surface area (Å²) in [6.07, 6.45) is 1.91. The Hall–Kier alpha value is -0.830. The van der Waals surface area contributed by atoms with Crippen molar-refractivity contribution in [2.45, 2.75) is 13.8 Å². The Labute approximate surface area is 65.4 Å². The average Bonchev–Trinajstić information content (AvgIpc) is 2.11. The fourth-order valence-electron chi connectivity index (χ4n) is 1.04. The molecule has 0 saturated heterocycles. The lowest BCUT2D eigenvalue weighted by atomic mass is 10.2. The van der Waals surface area contributed by atoms with Crippen LogP contribution in [-0.2, 0) is 0 Å². The second-order valence-corrected chi connectivity index (χ2v) is 2.78. The monoisotopic (exact) mass is 154 g/mol. The van der Waals surface area contributed by atoms with Gasteiger partial charge in [-0.15, -0.1) is 0 Å². The normalized spacial score (nSPS) is 9.80. The quantitative estimate of drug-likeness (QED) is 0.598. The second kappa shape index (κ2) is 2.42. The highest BCUT2D eigenvalue weighted by Crippen LogP contribution is 2.10. The van der Waals surface area contributed by atoms with E-state index >= 15 is 0 Å². The van der Waals surface area contributed by atoms with Gasteiger partial charge in [0.1, 0.15) is 4.99 Å². The van der Waals surface area contributed by atoms with Gasteiger partial charge in [0, 0.05) is 17.5 Å². The minimum atomic E-state index is 0.469. The number of hydrogen-bond donors (Lipinski definition) is 2. The molecular weight excluding hydrogens is 144 g/mol. The molecule has 0 unspecified atom stereocenters. The van der Waals surface area contributed by atoms with Crippen LogP contribution in [0.25, 0.3) is 0 Å². The van der Waals surface area contributed by atoms with E-state index < -0.39 is 0 Å². The van der Waals surface area contributed by atoms with Gasteiger partial charge < -0.3 is 10.7 Å². The minimum Gasteiger partial charge on any atom is -0.389 e. The number of hydrogen-bond acceptors (Lipinski definition) is 1. The third-order valence-electron chi connectivity index (χ3n) is 1.52. The summed E-state index contributed by atoms with van der Waals surface area (Å²) < 4.78 is 0. The van der Waals surface area contributed by atoms with Gasteiger partial charge in [-0.2, -0.15) is 0 Å². The standard InChI is InChI=1S/C7H10N2S/c1-4-3-9-5(2)6(4)7(8)10/h3,9H,1-2H3,(H2,8,10). The Morgan fingerprint density at radius 3 is 2.40 bits per heavy atom. The van der Waals surface area contributed by atoms with Crippen LogP contribution in [-0.4, -0.2) is 9.97 Å². The van der Waals surface area contributed by atoms with Gasteiger partial charge in [-0.05, 0) is 19.4 Å². The van der Waals surface area contributed by atoms with Crippen LogP contribution in [0.2, 0.25) is 0 Å². The maximum absolute atomic E-state index is 5.47. The van der Waals surface area contributed by atoms with E-state index in [1.54, 1.807) is 0 Å². The van der Waals surface area contributed by atoms with Crippen molar-refractivity contribution in [3.8, 4) is 0 Å². The lowest BCUT2D eigenvalue weighted by Gasteiger charge is -1.96.